The van der Waals surface area contributed by atoms with E-state index in [4.69, 9.17) is 4.74 Å². The summed E-state index contributed by atoms with van der Waals surface area (Å²) < 4.78 is 5.95. The number of nitrogens with one attached hydrogen (secondary N) is 1. The van der Waals surface area contributed by atoms with Crippen LogP contribution in [0.4, 0.5) is 0 Å². The van der Waals surface area contributed by atoms with E-state index in [-0.39, 0.29) is 24.9 Å². The number of allylic oxidation sites excluding steroid dienone is 6. The quantitative estimate of drug-likeness (QED) is 0.0321. The SMILES string of the molecule is CCCCC/C=C\C/C=C\C/C=C\CCCCCCCCC(=O)OC(CCCCCCCCCCCCCCCCC)CC(=O)NC(CO)C(O)CCCCCCCCCCC. The zero-order valence-electron chi connectivity index (χ0n) is 41.5. The molecule has 1 amide bonds. The van der Waals surface area contributed by atoms with Gasteiger partial charge < -0.3 is 20.3 Å². The van der Waals surface area contributed by atoms with Crippen LogP contribution in [0, 0.1) is 0 Å². The molecule has 0 aromatic rings. The van der Waals surface area contributed by atoms with E-state index in [1.165, 1.54) is 167 Å². The van der Waals surface area contributed by atoms with Crippen LogP contribution in [0.15, 0.2) is 36.5 Å². The van der Waals surface area contributed by atoms with Gasteiger partial charge in [0.05, 0.1) is 25.2 Å². The summed E-state index contributed by atoms with van der Waals surface area (Å²) in [6, 6.07) is -0.700. The van der Waals surface area contributed by atoms with Crippen molar-refractivity contribution in [3.63, 3.8) is 0 Å². The standard InChI is InChI=1S/C56H105NO5/c1-4-7-10-13-16-19-21-23-25-26-27-28-30-32-34-37-40-43-46-49-56(61)62-52(47-44-41-38-36-33-31-29-24-22-20-17-14-11-8-5-2)50-55(60)57-53(51-58)54(59)48-45-42-39-35-18-15-12-9-6-3/h16,19,23,25,27-28,52-54,58-59H,4-15,17-18,20-22,24,26,29-51H2,1-3H3,(H,57,60)/b19-16-,25-23-,28-27-. The van der Waals surface area contributed by atoms with Gasteiger partial charge in [-0.2, -0.15) is 0 Å². The Morgan fingerprint density at radius 2 is 0.823 bits per heavy atom. The van der Waals surface area contributed by atoms with Crippen LogP contribution < -0.4 is 5.32 Å². The molecule has 0 spiro atoms. The van der Waals surface area contributed by atoms with Crippen molar-refractivity contribution in [2.24, 2.45) is 0 Å². The van der Waals surface area contributed by atoms with Gasteiger partial charge in [0.2, 0.25) is 5.91 Å². The first-order valence-electron chi connectivity index (χ1n) is 27.2. The fraction of sp³-hybridized carbons (Fsp3) is 0.857. The second-order valence-electron chi connectivity index (χ2n) is 18.6. The Labute approximate surface area is 385 Å². The van der Waals surface area contributed by atoms with Crippen molar-refractivity contribution in [2.75, 3.05) is 6.61 Å². The Kier molecular flexibility index (Phi) is 48.5. The van der Waals surface area contributed by atoms with Gasteiger partial charge in [-0.25, -0.2) is 0 Å². The van der Waals surface area contributed by atoms with E-state index in [1.54, 1.807) is 0 Å². The Hall–Kier alpha value is -1.92. The van der Waals surface area contributed by atoms with E-state index in [1.807, 2.05) is 0 Å². The molecule has 0 aromatic carbocycles. The normalized spacial score (nSPS) is 13.4. The number of ether oxygens (including phenoxy) is 1. The van der Waals surface area contributed by atoms with Crippen molar-refractivity contribution in [3.8, 4) is 0 Å². The lowest BCUT2D eigenvalue weighted by Crippen LogP contribution is -2.46. The van der Waals surface area contributed by atoms with E-state index in [9.17, 15) is 19.8 Å². The molecule has 0 saturated carbocycles. The van der Waals surface area contributed by atoms with E-state index in [0.29, 0.717) is 19.3 Å². The first-order chi connectivity index (χ1) is 30.5. The molecule has 0 bridgehead atoms. The van der Waals surface area contributed by atoms with Crippen molar-refractivity contribution < 1.29 is 24.5 Å². The minimum Gasteiger partial charge on any atom is -0.462 e. The third-order valence-corrected chi connectivity index (χ3v) is 12.5. The van der Waals surface area contributed by atoms with Crippen molar-refractivity contribution in [2.45, 2.75) is 302 Å². The van der Waals surface area contributed by atoms with E-state index in [2.05, 4.69) is 62.5 Å². The minimum absolute atomic E-state index is 0.0763. The fourth-order valence-electron chi connectivity index (χ4n) is 8.32. The maximum atomic E-state index is 13.2. The third kappa shape index (κ3) is 44.7. The molecule has 0 aliphatic heterocycles. The lowest BCUT2D eigenvalue weighted by atomic mass is 10.0. The second kappa shape index (κ2) is 50.1. The number of esters is 1. The molecule has 364 valence electrons. The number of hydrogen-bond donors (Lipinski definition) is 3. The molecule has 0 radical (unpaired) electrons. The lowest BCUT2D eigenvalue weighted by molar-refractivity contribution is -0.151. The van der Waals surface area contributed by atoms with Crippen molar-refractivity contribution in [1.82, 2.24) is 5.32 Å². The predicted molar refractivity (Wildman–Crippen MR) is 269 cm³/mol. The molecule has 0 saturated heterocycles. The van der Waals surface area contributed by atoms with Crippen LogP contribution in [0.3, 0.4) is 0 Å². The van der Waals surface area contributed by atoms with E-state index >= 15 is 0 Å². The minimum atomic E-state index is -0.786. The molecule has 3 atom stereocenters. The fourth-order valence-corrected chi connectivity index (χ4v) is 8.32. The van der Waals surface area contributed by atoms with Gasteiger partial charge >= 0.3 is 5.97 Å². The summed E-state index contributed by atoms with van der Waals surface area (Å²) in [4.78, 5) is 26.2. The van der Waals surface area contributed by atoms with Crippen LogP contribution in [0.5, 0.6) is 0 Å². The van der Waals surface area contributed by atoms with Crippen LogP contribution in [0.2, 0.25) is 0 Å². The number of amides is 1. The summed E-state index contributed by atoms with van der Waals surface area (Å²) in [5.74, 6) is -0.476. The Morgan fingerprint density at radius 3 is 1.27 bits per heavy atom. The highest BCUT2D eigenvalue weighted by molar-refractivity contribution is 5.77. The smallest absolute Gasteiger partial charge is 0.306 e. The lowest BCUT2D eigenvalue weighted by Gasteiger charge is -2.24. The van der Waals surface area contributed by atoms with E-state index < -0.39 is 18.2 Å². The zero-order chi connectivity index (χ0) is 45.2. The van der Waals surface area contributed by atoms with Gasteiger partial charge in [-0.15, -0.1) is 0 Å². The van der Waals surface area contributed by atoms with Crippen LogP contribution in [-0.4, -0.2) is 46.9 Å². The third-order valence-electron chi connectivity index (χ3n) is 12.5. The highest BCUT2D eigenvalue weighted by Gasteiger charge is 2.24. The van der Waals surface area contributed by atoms with Crippen molar-refractivity contribution in [1.29, 1.82) is 0 Å². The summed E-state index contributed by atoms with van der Waals surface area (Å²) in [6.07, 6.45) is 59.2. The number of aliphatic hydroxyl groups is 2. The van der Waals surface area contributed by atoms with Crippen molar-refractivity contribution in [3.05, 3.63) is 36.5 Å². The first-order valence-corrected chi connectivity index (χ1v) is 27.2. The maximum Gasteiger partial charge on any atom is 0.306 e. The van der Waals surface area contributed by atoms with Gasteiger partial charge in [0.25, 0.3) is 0 Å². The van der Waals surface area contributed by atoms with Crippen LogP contribution in [0.1, 0.15) is 284 Å². The van der Waals surface area contributed by atoms with Gasteiger partial charge in [-0.1, -0.05) is 243 Å². The molecule has 3 N–H and O–H groups in total. The summed E-state index contributed by atoms with van der Waals surface area (Å²) in [7, 11) is 0. The molecule has 6 nitrogen and oxygen atoms in total. The Bertz CT molecular complexity index is 1020. The molecule has 6 heteroatoms. The molecule has 62 heavy (non-hydrogen) atoms. The van der Waals surface area contributed by atoms with Crippen molar-refractivity contribution >= 4 is 11.9 Å². The molecular weight excluding hydrogens is 767 g/mol. The number of carbonyl (C=O) groups excluding carboxylic acids is 2. The van der Waals surface area contributed by atoms with Crippen LogP contribution in [0.25, 0.3) is 0 Å². The molecular formula is C56H105NO5. The number of unbranched alkanes of at least 4 members (excludes halogenated alkanes) is 31. The number of rotatable bonds is 49. The largest absolute Gasteiger partial charge is 0.462 e. The Balaban J connectivity index is 4.53. The number of aliphatic hydroxyl groups excluding tert-OH is 2. The van der Waals surface area contributed by atoms with E-state index in [0.717, 1.165) is 70.6 Å². The highest BCUT2D eigenvalue weighted by Crippen LogP contribution is 2.18. The predicted octanol–water partition coefficient (Wildman–Crippen LogP) is 16.5. The monoisotopic (exact) mass is 872 g/mol. The second-order valence-corrected chi connectivity index (χ2v) is 18.6. The summed E-state index contributed by atoms with van der Waals surface area (Å²) in [5, 5.41) is 23.7. The summed E-state index contributed by atoms with van der Waals surface area (Å²) in [6.45, 7) is 6.46. The van der Waals surface area contributed by atoms with Gasteiger partial charge in [0.1, 0.15) is 6.10 Å². The molecule has 0 heterocycles. The molecule has 0 fully saturated rings. The maximum absolute atomic E-state index is 13.2. The molecule has 0 rings (SSSR count). The topological polar surface area (TPSA) is 95.9 Å². The summed E-state index contributed by atoms with van der Waals surface area (Å²) >= 11 is 0. The molecule has 0 aliphatic carbocycles. The molecule has 0 aliphatic rings. The Morgan fingerprint density at radius 1 is 0.468 bits per heavy atom. The molecule has 0 aromatic heterocycles. The van der Waals surface area contributed by atoms with Gasteiger partial charge in [0.15, 0.2) is 0 Å². The van der Waals surface area contributed by atoms with Gasteiger partial charge in [0, 0.05) is 6.42 Å². The van der Waals surface area contributed by atoms with Crippen LogP contribution in [-0.2, 0) is 14.3 Å². The summed E-state index contributed by atoms with van der Waals surface area (Å²) in [5.41, 5.74) is 0. The zero-order valence-corrected chi connectivity index (χ0v) is 41.5. The average Bonchev–Trinajstić information content (AvgIpc) is 3.26. The number of carbonyl (C=O) groups is 2. The van der Waals surface area contributed by atoms with Crippen LogP contribution >= 0.6 is 0 Å². The molecule has 3 unspecified atom stereocenters. The first kappa shape index (κ1) is 60.1. The highest BCUT2D eigenvalue weighted by atomic mass is 16.5. The average molecular weight is 872 g/mol. The van der Waals surface area contributed by atoms with Gasteiger partial charge in [-0.3, -0.25) is 9.59 Å². The van der Waals surface area contributed by atoms with Gasteiger partial charge in [-0.05, 0) is 64.2 Å². The number of hydrogen-bond acceptors (Lipinski definition) is 5.